The van der Waals surface area contributed by atoms with Crippen LogP contribution in [0, 0.1) is 0 Å². The molecule has 0 saturated heterocycles. The Labute approximate surface area is 130 Å². The van der Waals surface area contributed by atoms with Gasteiger partial charge in [0.05, 0.1) is 6.61 Å². The zero-order valence-electron chi connectivity index (χ0n) is 15.3. The molecule has 2 nitrogen and oxygen atoms in total. The molecule has 0 N–H and O–H groups in total. The van der Waals surface area contributed by atoms with Crippen molar-refractivity contribution in [2.24, 2.45) is 0 Å². The maximum atomic E-state index is 6.60. The summed E-state index contributed by atoms with van der Waals surface area (Å²) in [6.07, 6.45) is 2.28. The number of unbranched alkanes of at least 4 members (excludes halogenated alkanes) is 1. The maximum Gasteiger partial charge on any atom is 0.179 e. The molecule has 0 aromatic heterocycles. The van der Waals surface area contributed by atoms with Crippen molar-refractivity contribution in [3.63, 3.8) is 0 Å². The first-order valence-electron chi connectivity index (χ1n) is 7.71. The Bertz CT molecular complexity index is 258. The van der Waals surface area contributed by atoms with Gasteiger partial charge in [0.25, 0.3) is 0 Å². The first-order chi connectivity index (χ1) is 8.80. The molecule has 1 unspecified atom stereocenters. The predicted octanol–water partition coefficient (Wildman–Crippen LogP) is 6.92. The molecule has 0 aliphatic carbocycles. The minimum Gasteiger partial charge on any atom is -0.334 e. The summed E-state index contributed by atoms with van der Waals surface area (Å²) in [6, 6.07) is 0. The van der Waals surface area contributed by atoms with Crippen LogP contribution >= 0.6 is 16.5 Å². The molecule has 0 heterocycles. The number of rotatable bonds is 6. The van der Waals surface area contributed by atoms with Gasteiger partial charge in [0.1, 0.15) is 0 Å². The molecule has 0 saturated carbocycles. The minimum atomic E-state index is -0.852. The van der Waals surface area contributed by atoms with Crippen molar-refractivity contribution < 1.29 is 8.83 Å². The van der Waals surface area contributed by atoms with Crippen molar-refractivity contribution in [2.45, 2.75) is 97.5 Å². The Morgan fingerprint density at radius 3 is 1.50 bits per heavy atom. The van der Waals surface area contributed by atoms with Gasteiger partial charge < -0.3 is 8.83 Å². The van der Waals surface area contributed by atoms with E-state index in [2.05, 4.69) is 69.2 Å². The molecule has 0 rings (SSSR count). The van der Waals surface area contributed by atoms with Crippen LogP contribution in [0.15, 0.2) is 0 Å². The highest BCUT2D eigenvalue weighted by atomic mass is 31.2. The Morgan fingerprint density at radius 2 is 1.20 bits per heavy atom. The molecule has 0 fully saturated rings. The van der Waals surface area contributed by atoms with E-state index in [1.54, 1.807) is 0 Å². The van der Waals surface area contributed by atoms with Crippen molar-refractivity contribution in [3.05, 3.63) is 0 Å². The summed E-state index contributed by atoms with van der Waals surface area (Å²) in [5.41, 5.74) is 0. The van der Waals surface area contributed by atoms with E-state index < -0.39 is 16.5 Å². The summed E-state index contributed by atoms with van der Waals surface area (Å²) >= 11 is 0. The molecule has 0 aliphatic heterocycles. The summed E-state index contributed by atoms with van der Waals surface area (Å²) < 4.78 is 12.7. The first-order valence-corrected chi connectivity index (χ1v) is 10.2. The van der Waals surface area contributed by atoms with Gasteiger partial charge in [-0.1, -0.05) is 75.7 Å². The molecule has 0 radical (unpaired) electrons. The minimum absolute atomic E-state index is 0.0696. The van der Waals surface area contributed by atoms with Gasteiger partial charge in [-0.15, -0.1) is 0 Å². The van der Waals surface area contributed by atoms with E-state index in [1.165, 1.54) is 6.42 Å². The van der Waals surface area contributed by atoms with Crippen LogP contribution in [-0.4, -0.2) is 22.1 Å². The van der Waals surface area contributed by atoms with E-state index in [4.69, 9.17) is 8.83 Å². The third-order valence-corrected chi connectivity index (χ3v) is 7.82. The Kier molecular flexibility index (Phi) is 8.17. The quantitative estimate of drug-likeness (QED) is 0.390. The van der Waals surface area contributed by atoms with Gasteiger partial charge in [-0.2, -0.15) is 0 Å². The molecule has 0 bridgehead atoms. The van der Waals surface area contributed by atoms with Crippen LogP contribution in [0.25, 0.3) is 0 Å². The van der Waals surface area contributed by atoms with Gasteiger partial charge in [-0.25, -0.2) is 0 Å². The van der Waals surface area contributed by atoms with Gasteiger partial charge >= 0.3 is 0 Å². The second kappa shape index (κ2) is 7.87. The highest BCUT2D eigenvalue weighted by Gasteiger charge is 2.41. The Balaban J connectivity index is 5.00. The standard InChI is InChI=1S/C16H36O2P2/c1-11-12-13-17-20(16(8,9)10)18-19(14(2,3)4)15(5,6)7/h11-13H2,1-10H3. The van der Waals surface area contributed by atoms with E-state index in [0.717, 1.165) is 13.0 Å². The van der Waals surface area contributed by atoms with Gasteiger partial charge in [0.2, 0.25) is 0 Å². The fourth-order valence-electron chi connectivity index (χ4n) is 1.96. The van der Waals surface area contributed by atoms with Crippen LogP contribution in [0.5, 0.6) is 0 Å². The summed E-state index contributed by atoms with van der Waals surface area (Å²) in [5.74, 6) is 0. The Morgan fingerprint density at radius 1 is 0.750 bits per heavy atom. The van der Waals surface area contributed by atoms with Crippen LogP contribution in [0.2, 0.25) is 0 Å². The van der Waals surface area contributed by atoms with Gasteiger partial charge in [-0.05, 0) is 6.42 Å². The summed E-state index contributed by atoms with van der Waals surface area (Å²) in [6.45, 7) is 23.4. The Hall–Kier alpha value is 0.780. The van der Waals surface area contributed by atoms with E-state index in [0.29, 0.717) is 0 Å². The van der Waals surface area contributed by atoms with Crippen molar-refractivity contribution in [1.29, 1.82) is 0 Å². The average molecular weight is 322 g/mol. The summed E-state index contributed by atoms with van der Waals surface area (Å²) in [4.78, 5) is 0. The fraction of sp³-hybridized carbons (Fsp3) is 1.00. The third-order valence-electron chi connectivity index (χ3n) is 2.63. The lowest BCUT2D eigenvalue weighted by molar-refractivity contribution is 0.294. The molecule has 122 valence electrons. The number of hydrogen-bond acceptors (Lipinski definition) is 2. The summed E-state index contributed by atoms with van der Waals surface area (Å²) in [7, 11) is -1.42. The van der Waals surface area contributed by atoms with Crippen LogP contribution in [0.4, 0.5) is 0 Å². The molecular weight excluding hydrogens is 286 g/mol. The van der Waals surface area contributed by atoms with Crippen molar-refractivity contribution >= 4 is 16.5 Å². The lowest BCUT2D eigenvalue weighted by Crippen LogP contribution is -2.27. The van der Waals surface area contributed by atoms with Crippen LogP contribution < -0.4 is 0 Å². The van der Waals surface area contributed by atoms with Crippen LogP contribution in [0.3, 0.4) is 0 Å². The van der Waals surface area contributed by atoms with E-state index in [-0.39, 0.29) is 15.5 Å². The second-order valence-electron chi connectivity index (χ2n) is 8.33. The predicted molar refractivity (Wildman–Crippen MR) is 95.0 cm³/mol. The highest BCUT2D eigenvalue weighted by molar-refractivity contribution is 7.66. The van der Waals surface area contributed by atoms with Crippen molar-refractivity contribution in [1.82, 2.24) is 0 Å². The third kappa shape index (κ3) is 7.69. The van der Waals surface area contributed by atoms with Crippen LogP contribution in [0.1, 0.15) is 82.1 Å². The topological polar surface area (TPSA) is 18.5 Å². The second-order valence-corrected chi connectivity index (χ2v) is 14.4. The molecule has 1 atom stereocenters. The molecule has 0 aromatic rings. The van der Waals surface area contributed by atoms with Gasteiger partial charge in [-0.3, -0.25) is 0 Å². The SMILES string of the molecule is CCCCOP(OP(C(C)(C)C)C(C)(C)C)C(C)(C)C. The number of hydrogen-bond donors (Lipinski definition) is 0. The van der Waals surface area contributed by atoms with E-state index in [9.17, 15) is 0 Å². The highest BCUT2D eigenvalue weighted by Crippen LogP contribution is 2.70. The molecule has 0 amide bonds. The van der Waals surface area contributed by atoms with Gasteiger partial charge in [0, 0.05) is 23.6 Å². The lowest BCUT2D eigenvalue weighted by atomic mass is 10.2. The largest absolute Gasteiger partial charge is 0.334 e. The van der Waals surface area contributed by atoms with Crippen molar-refractivity contribution in [2.75, 3.05) is 6.61 Å². The van der Waals surface area contributed by atoms with Gasteiger partial charge in [0.15, 0.2) is 8.38 Å². The zero-order chi connectivity index (χ0) is 16.2. The molecule has 4 heteroatoms. The maximum absolute atomic E-state index is 6.60. The zero-order valence-corrected chi connectivity index (χ0v) is 17.1. The van der Waals surface area contributed by atoms with E-state index in [1.807, 2.05) is 0 Å². The fourth-order valence-corrected chi connectivity index (χ4v) is 8.37. The normalized spacial score (nSPS) is 15.8. The molecule has 0 spiro atoms. The monoisotopic (exact) mass is 322 g/mol. The average Bonchev–Trinajstić information content (AvgIpc) is 2.17. The molecule has 0 aromatic carbocycles. The van der Waals surface area contributed by atoms with Crippen LogP contribution in [-0.2, 0) is 8.83 Å². The summed E-state index contributed by atoms with van der Waals surface area (Å²) in [5, 5.41) is 0.418. The smallest absolute Gasteiger partial charge is 0.179 e. The molecular formula is C16H36O2P2. The molecule has 0 aliphatic rings. The molecule has 20 heavy (non-hydrogen) atoms. The lowest BCUT2D eigenvalue weighted by Gasteiger charge is -2.43. The first kappa shape index (κ1) is 20.8. The van der Waals surface area contributed by atoms with E-state index >= 15 is 0 Å². The van der Waals surface area contributed by atoms with Crippen molar-refractivity contribution in [3.8, 4) is 0 Å².